The molecule has 86 valence electrons. The summed E-state index contributed by atoms with van der Waals surface area (Å²) in [4.78, 5) is 22.6. The van der Waals surface area contributed by atoms with Gasteiger partial charge in [0.25, 0.3) is 10.9 Å². The second-order valence-corrected chi connectivity index (χ2v) is 2.90. The number of nitrogens with zero attached hydrogens (tertiary/aromatic N) is 2. The second-order valence-electron chi connectivity index (χ2n) is 2.56. The summed E-state index contributed by atoms with van der Waals surface area (Å²) in [6.07, 6.45) is -3.32. The van der Waals surface area contributed by atoms with Crippen molar-refractivity contribution in [3.8, 4) is 0 Å². The second kappa shape index (κ2) is 4.44. The van der Waals surface area contributed by atoms with Gasteiger partial charge in [0.1, 0.15) is 5.56 Å². The topological polar surface area (TPSA) is 73.1 Å². The molecule has 0 aromatic carbocycles. The number of carbonyl (C=O) groups is 1. The Morgan fingerprint density at radius 1 is 1.56 bits per heavy atom. The van der Waals surface area contributed by atoms with Crippen molar-refractivity contribution in [2.75, 3.05) is 0 Å². The number of alkyl halides is 2. The molecule has 0 spiro atoms. The Kier molecular flexibility index (Phi) is 3.43. The molecule has 0 saturated carbocycles. The number of aromatic nitrogens is 1. The summed E-state index contributed by atoms with van der Waals surface area (Å²) in [5.41, 5.74) is -2.26. The van der Waals surface area contributed by atoms with E-state index in [2.05, 4.69) is 4.98 Å². The summed E-state index contributed by atoms with van der Waals surface area (Å²) in [5.74, 6) is -2.72. The largest absolute Gasteiger partial charge is 0.376 e. The molecule has 16 heavy (non-hydrogen) atoms. The maximum atomic E-state index is 12.9. The molecule has 0 bridgehead atoms. The van der Waals surface area contributed by atoms with E-state index in [1.54, 1.807) is 0 Å². The Balaban J connectivity index is 3.49. The Morgan fingerprint density at radius 2 is 2.12 bits per heavy atom. The fourth-order valence-electron chi connectivity index (χ4n) is 0.930. The zero-order chi connectivity index (χ0) is 12.5. The molecule has 0 atom stereocenters. The minimum absolute atomic E-state index is 0.266. The molecule has 1 rings (SSSR count). The SMILES string of the molecule is O=C(Cl)c1cc(F)c(C(F)F)nc1[N+](=O)[O-]. The van der Waals surface area contributed by atoms with E-state index in [1.165, 1.54) is 0 Å². The Morgan fingerprint density at radius 3 is 2.50 bits per heavy atom. The van der Waals surface area contributed by atoms with Crippen LogP contribution in [0.25, 0.3) is 0 Å². The van der Waals surface area contributed by atoms with E-state index >= 15 is 0 Å². The lowest BCUT2D eigenvalue weighted by atomic mass is 10.2. The van der Waals surface area contributed by atoms with Crippen LogP contribution < -0.4 is 0 Å². The highest BCUT2D eigenvalue weighted by Crippen LogP contribution is 2.26. The molecule has 5 nitrogen and oxygen atoms in total. The number of rotatable bonds is 3. The van der Waals surface area contributed by atoms with Crippen LogP contribution in [-0.4, -0.2) is 15.1 Å². The third-order valence-corrected chi connectivity index (χ3v) is 1.78. The fraction of sp³-hybridized carbons (Fsp3) is 0.143. The lowest BCUT2D eigenvalue weighted by molar-refractivity contribution is -0.390. The molecule has 0 N–H and O–H groups in total. The first-order chi connectivity index (χ1) is 7.34. The van der Waals surface area contributed by atoms with Gasteiger partial charge in [-0.3, -0.25) is 4.79 Å². The lowest BCUT2D eigenvalue weighted by Crippen LogP contribution is -2.06. The van der Waals surface area contributed by atoms with E-state index in [9.17, 15) is 28.1 Å². The molecular formula is C7H2ClF3N2O3. The van der Waals surface area contributed by atoms with Crippen LogP contribution in [0.2, 0.25) is 0 Å². The lowest BCUT2D eigenvalue weighted by Gasteiger charge is -2.00. The number of hydrogen-bond donors (Lipinski definition) is 0. The smallest absolute Gasteiger partial charge is 0.358 e. The van der Waals surface area contributed by atoms with Gasteiger partial charge >= 0.3 is 12.2 Å². The maximum absolute atomic E-state index is 12.9. The van der Waals surface area contributed by atoms with Gasteiger partial charge < -0.3 is 10.1 Å². The fourth-order valence-corrected chi connectivity index (χ4v) is 1.07. The number of carbonyl (C=O) groups excluding carboxylic acids is 1. The molecule has 0 aliphatic rings. The Bertz CT molecular complexity index is 466. The van der Waals surface area contributed by atoms with Crippen LogP contribution in [0.1, 0.15) is 22.5 Å². The molecule has 0 fully saturated rings. The monoisotopic (exact) mass is 254 g/mol. The van der Waals surface area contributed by atoms with Gasteiger partial charge in [-0.15, -0.1) is 0 Å². The van der Waals surface area contributed by atoms with E-state index in [-0.39, 0.29) is 6.07 Å². The van der Waals surface area contributed by atoms with Gasteiger partial charge in [-0.1, -0.05) is 0 Å². The molecule has 1 heterocycles. The summed E-state index contributed by atoms with van der Waals surface area (Å²) in [5, 5.41) is 9.03. The summed E-state index contributed by atoms with van der Waals surface area (Å²) in [7, 11) is 0. The predicted molar refractivity (Wildman–Crippen MR) is 46.0 cm³/mol. The van der Waals surface area contributed by atoms with Gasteiger partial charge in [0.2, 0.25) is 0 Å². The molecule has 0 radical (unpaired) electrons. The van der Waals surface area contributed by atoms with Crippen LogP contribution in [0.3, 0.4) is 0 Å². The first-order valence-electron chi connectivity index (χ1n) is 3.67. The van der Waals surface area contributed by atoms with Crippen molar-refractivity contribution < 1.29 is 22.9 Å². The standard InChI is InChI=1S/C7H2ClF3N2O3/c8-5(14)2-1-3(9)4(6(10)11)12-7(2)13(15)16/h1,6H. The van der Waals surface area contributed by atoms with Gasteiger partial charge in [0.05, 0.1) is 0 Å². The highest BCUT2D eigenvalue weighted by molar-refractivity contribution is 6.68. The van der Waals surface area contributed by atoms with E-state index in [1.807, 2.05) is 0 Å². The average molecular weight is 255 g/mol. The molecule has 9 heteroatoms. The predicted octanol–water partition coefficient (Wildman–Crippen LogP) is 2.45. The van der Waals surface area contributed by atoms with Crippen molar-refractivity contribution in [2.24, 2.45) is 0 Å². The van der Waals surface area contributed by atoms with E-state index in [0.717, 1.165) is 0 Å². The third kappa shape index (κ3) is 2.27. The van der Waals surface area contributed by atoms with Gasteiger partial charge in [0, 0.05) is 0 Å². The molecular weight excluding hydrogens is 253 g/mol. The Hall–Kier alpha value is -1.70. The van der Waals surface area contributed by atoms with Gasteiger partial charge in [0.15, 0.2) is 5.82 Å². The number of pyridine rings is 1. The summed E-state index contributed by atoms with van der Waals surface area (Å²) < 4.78 is 37.3. The third-order valence-electron chi connectivity index (χ3n) is 1.57. The highest BCUT2D eigenvalue weighted by atomic mass is 35.5. The van der Waals surface area contributed by atoms with E-state index < -0.39 is 39.5 Å². The average Bonchev–Trinajstić information content (AvgIpc) is 2.15. The number of hydrogen-bond acceptors (Lipinski definition) is 4. The van der Waals surface area contributed by atoms with Crippen molar-refractivity contribution in [3.05, 3.63) is 33.3 Å². The molecule has 0 unspecified atom stereocenters. The molecule has 0 saturated heterocycles. The minimum atomic E-state index is -3.32. The molecule has 0 aliphatic heterocycles. The molecule has 1 aromatic rings. The van der Waals surface area contributed by atoms with Gasteiger partial charge in [-0.25, -0.2) is 13.2 Å². The van der Waals surface area contributed by atoms with Crippen LogP contribution >= 0.6 is 11.6 Å². The normalized spacial score (nSPS) is 10.6. The summed E-state index contributed by atoms with van der Waals surface area (Å²) in [6.45, 7) is 0. The van der Waals surface area contributed by atoms with Gasteiger partial charge in [-0.2, -0.15) is 0 Å². The van der Waals surface area contributed by atoms with Crippen molar-refractivity contribution in [3.63, 3.8) is 0 Å². The van der Waals surface area contributed by atoms with Crippen LogP contribution in [0.5, 0.6) is 0 Å². The maximum Gasteiger partial charge on any atom is 0.376 e. The van der Waals surface area contributed by atoms with Crippen molar-refractivity contribution in [1.82, 2.24) is 4.98 Å². The van der Waals surface area contributed by atoms with Crippen LogP contribution in [-0.2, 0) is 0 Å². The van der Waals surface area contributed by atoms with Crippen molar-refractivity contribution >= 4 is 22.7 Å². The first kappa shape index (κ1) is 12.4. The van der Waals surface area contributed by atoms with Gasteiger partial charge in [-0.05, 0) is 27.6 Å². The zero-order valence-corrected chi connectivity index (χ0v) is 8.04. The highest BCUT2D eigenvalue weighted by Gasteiger charge is 2.29. The van der Waals surface area contributed by atoms with Crippen LogP contribution in [0.15, 0.2) is 6.07 Å². The zero-order valence-electron chi connectivity index (χ0n) is 7.29. The number of nitro groups is 1. The molecule has 1 aromatic heterocycles. The Labute approximate surface area is 91.0 Å². The van der Waals surface area contributed by atoms with Crippen LogP contribution in [0, 0.1) is 15.9 Å². The summed E-state index contributed by atoms with van der Waals surface area (Å²) in [6, 6.07) is 0.266. The molecule has 0 aliphatic carbocycles. The summed E-state index contributed by atoms with van der Waals surface area (Å²) >= 11 is 4.92. The van der Waals surface area contributed by atoms with Crippen LogP contribution in [0.4, 0.5) is 19.0 Å². The van der Waals surface area contributed by atoms with E-state index in [0.29, 0.717) is 0 Å². The minimum Gasteiger partial charge on any atom is -0.358 e. The quantitative estimate of drug-likeness (QED) is 0.472. The van der Waals surface area contributed by atoms with E-state index in [4.69, 9.17) is 11.6 Å². The van der Waals surface area contributed by atoms with Crippen molar-refractivity contribution in [2.45, 2.75) is 6.43 Å². The molecule has 0 amide bonds. The first-order valence-corrected chi connectivity index (χ1v) is 4.05. The van der Waals surface area contributed by atoms with Crippen molar-refractivity contribution in [1.29, 1.82) is 0 Å². The number of halogens is 4.